The van der Waals surface area contributed by atoms with Crippen molar-refractivity contribution in [2.24, 2.45) is 0 Å². The predicted octanol–water partition coefficient (Wildman–Crippen LogP) is 2.76. The van der Waals surface area contributed by atoms with Gasteiger partial charge in [0.15, 0.2) is 0 Å². The number of halogens is 2. The van der Waals surface area contributed by atoms with Crippen LogP contribution >= 0.6 is 11.6 Å². The molecule has 0 saturated heterocycles. The van der Waals surface area contributed by atoms with Crippen molar-refractivity contribution in [1.29, 1.82) is 0 Å². The van der Waals surface area contributed by atoms with Crippen molar-refractivity contribution in [3.63, 3.8) is 0 Å². The zero-order chi connectivity index (χ0) is 12.1. The molecule has 0 amide bonds. The number of nitrogens with one attached hydrogen (secondary N) is 1. The van der Waals surface area contributed by atoms with Crippen LogP contribution < -0.4 is 5.32 Å². The van der Waals surface area contributed by atoms with E-state index in [9.17, 15) is 9.18 Å². The van der Waals surface area contributed by atoms with Crippen LogP contribution in [-0.4, -0.2) is 19.4 Å². The van der Waals surface area contributed by atoms with Crippen LogP contribution in [0, 0.1) is 5.82 Å². The van der Waals surface area contributed by atoms with Crippen molar-refractivity contribution >= 4 is 17.4 Å². The maximum Gasteiger partial charge on any atom is 0.130 e. The highest BCUT2D eigenvalue weighted by molar-refractivity contribution is 6.30. The fourth-order valence-corrected chi connectivity index (χ4v) is 1.88. The standard InChI is InChI=1S/C12H15ClFNO/c1-8(16)5-9(7-15-2)11-4-3-10(13)6-12(11)14/h3-4,6,9,15H,5,7H2,1-2H3. The second-order valence-electron chi connectivity index (χ2n) is 3.83. The van der Waals surface area contributed by atoms with Crippen LogP contribution in [-0.2, 0) is 4.79 Å². The van der Waals surface area contributed by atoms with Gasteiger partial charge in [0.05, 0.1) is 0 Å². The number of benzene rings is 1. The third-order valence-corrected chi connectivity index (χ3v) is 2.62. The molecule has 0 spiro atoms. The molecular formula is C12H15ClFNO. The summed E-state index contributed by atoms with van der Waals surface area (Å²) in [4.78, 5) is 11.1. The Morgan fingerprint density at radius 1 is 1.56 bits per heavy atom. The monoisotopic (exact) mass is 243 g/mol. The number of rotatable bonds is 5. The van der Waals surface area contributed by atoms with Crippen LogP contribution in [0.5, 0.6) is 0 Å². The summed E-state index contributed by atoms with van der Waals surface area (Å²) in [7, 11) is 1.78. The first-order valence-electron chi connectivity index (χ1n) is 5.13. The van der Waals surface area contributed by atoms with Crippen molar-refractivity contribution in [2.75, 3.05) is 13.6 Å². The normalized spacial score (nSPS) is 12.5. The number of carbonyl (C=O) groups excluding carboxylic acids is 1. The Labute approximate surface area is 99.8 Å². The van der Waals surface area contributed by atoms with Gasteiger partial charge in [-0.25, -0.2) is 4.39 Å². The van der Waals surface area contributed by atoms with Crippen LogP contribution in [0.1, 0.15) is 24.8 Å². The fourth-order valence-electron chi connectivity index (χ4n) is 1.72. The molecule has 2 nitrogen and oxygen atoms in total. The molecule has 0 aliphatic carbocycles. The van der Waals surface area contributed by atoms with Crippen molar-refractivity contribution < 1.29 is 9.18 Å². The molecule has 0 bridgehead atoms. The van der Waals surface area contributed by atoms with E-state index >= 15 is 0 Å². The number of carbonyl (C=O) groups is 1. The minimum Gasteiger partial charge on any atom is -0.319 e. The molecule has 1 unspecified atom stereocenters. The molecule has 1 atom stereocenters. The Morgan fingerprint density at radius 3 is 2.75 bits per heavy atom. The Bertz CT molecular complexity index is 381. The number of Topliss-reactive ketones (excluding diaryl/α,β-unsaturated/α-hetero) is 1. The lowest BCUT2D eigenvalue weighted by Gasteiger charge is -2.16. The molecule has 0 heterocycles. The summed E-state index contributed by atoms with van der Waals surface area (Å²) in [5.41, 5.74) is 0.536. The quantitative estimate of drug-likeness (QED) is 0.862. The van der Waals surface area contributed by atoms with Gasteiger partial charge < -0.3 is 10.1 Å². The first-order chi connectivity index (χ1) is 7.54. The second-order valence-corrected chi connectivity index (χ2v) is 4.26. The van der Waals surface area contributed by atoms with Gasteiger partial charge in [0.2, 0.25) is 0 Å². The van der Waals surface area contributed by atoms with Gasteiger partial charge in [-0.15, -0.1) is 0 Å². The van der Waals surface area contributed by atoms with Gasteiger partial charge in [-0.1, -0.05) is 17.7 Å². The first kappa shape index (κ1) is 13.1. The lowest BCUT2D eigenvalue weighted by Crippen LogP contribution is -2.20. The summed E-state index contributed by atoms with van der Waals surface area (Å²) >= 11 is 5.68. The molecule has 4 heteroatoms. The Morgan fingerprint density at radius 2 is 2.25 bits per heavy atom. The molecule has 0 aliphatic heterocycles. The Hall–Kier alpha value is -0.930. The van der Waals surface area contributed by atoms with Gasteiger partial charge in [0.1, 0.15) is 11.6 Å². The van der Waals surface area contributed by atoms with E-state index < -0.39 is 0 Å². The summed E-state index contributed by atoms with van der Waals surface area (Å²) in [5.74, 6) is -0.441. The third-order valence-electron chi connectivity index (χ3n) is 2.39. The Balaban J connectivity index is 2.95. The lowest BCUT2D eigenvalue weighted by molar-refractivity contribution is -0.117. The number of likely N-dealkylation sites (N-methyl/N-ethyl adjacent to an activating group) is 1. The summed E-state index contributed by atoms with van der Waals surface area (Å²) in [6.07, 6.45) is 0.333. The molecular weight excluding hydrogens is 229 g/mol. The molecule has 0 radical (unpaired) electrons. The van der Waals surface area contributed by atoms with E-state index in [4.69, 9.17) is 11.6 Å². The summed E-state index contributed by atoms with van der Waals surface area (Å²) in [6, 6.07) is 4.56. The number of ketones is 1. The van der Waals surface area contributed by atoms with Crippen molar-refractivity contribution in [3.05, 3.63) is 34.6 Å². The largest absolute Gasteiger partial charge is 0.319 e. The molecule has 88 valence electrons. The lowest BCUT2D eigenvalue weighted by atomic mass is 9.93. The smallest absolute Gasteiger partial charge is 0.130 e. The van der Waals surface area contributed by atoms with E-state index in [0.717, 1.165) is 0 Å². The molecule has 0 fully saturated rings. The number of hydrogen-bond donors (Lipinski definition) is 1. The van der Waals surface area contributed by atoms with E-state index in [1.54, 1.807) is 19.2 Å². The Kier molecular flexibility index (Phi) is 4.90. The summed E-state index contributed by atoms with van der Waals surface area (Å²) < 4.78 is 13.7. The highest BCUT2D eigenvalue weighted by Gasteiger charge is 2.17. The molecule has 0 aliphatic rings. The third kappa shape index (κ3) is 3.58. The van der Waals surface area contributed by atoms with E-state index in [1.807, 2.05) is 0 Å². The maximum atomic E-state index is 13.7. The van der Waals surface area contributed by atoms with Crippen LogP contribution in [0.3, 0.4) is 0 Å². The molecule has 0 saturated carbocycles. The average molecular weight is 244 g/mol. The minimum atomic E-state index is -0.353. The van der Waals surface area contributed by atoms with E-state index in [0.29, 0.717) is 23.6 Å². The molecule has 0 aromatic heterocycles. The van der Waals surface area contributed by atoms with Gasteiger partial charge in [-0.2, -0.15) is 0 Å². The summed E-state index contributed by atoms with van der Waals surface area (Å²) in [5, 5.41) is 3.33. The zero-order valence-corrected chi connectivity index (χ0v) is 10.1. The van der Waals surface area contributed by atoms with Crippen LogP contribution in [0.4, 0.5) is 4.39 Å². The van der Waals surface area contributed by atoms with Crippen molar-refractivity contribution in [2.45, 2.75) is 19.3 Å². The SMILES string of the molecule is CNCC(CC(C)=O)c1ccc(Cl)cc1F. The van der Waals surface area contributed by atoms with E-state index in [2.05, 4.69) is 5.32 Å². The van der Waals surface area contributed by atoms with Crippen molar-refractivity contribution in [1.82, 2.24) is 5.32 Å². The second kappa shape index (κ2) is 5.97. The minimum absolute atomic E-state index is 0.0506. The molecule has 1 aromatic carbocycles. The predicted molar refractivity (Wildman–Crippen MR) is 63.4 cm³/mol. The van der Waals surface area contributed by atoms with Gasteiger partial charge in [0.25, 0.3) is 0 Å². The van der Waals surface area contributed by atoms with Crippen molar-refractivity contribution in [3.8, 4) is 0 Å². The first-order valence-corrected chi connectivity index (χ1v) is 5.51. The van der Waals surface area contributed by atoms with E-state index in [1.165, 1.54) is 13.0 Å². The molecule has 1 rings (SSSR count). The maximum absolute atomic E-state index is 13.7. The fraction of sp³-hybridized carbons (Fsp3) is 0.417. The van der Waals surface area contributed by atoms with Crippen LogP contribution in [0.25, 0.3) is 0 Å². The highest BCUT2D eigenvalue weighted by Crippen LogP contribution is 2.24. The zero-order valence-electron chi connectivity index (χ0n) is 9.39. The van der Waals surface area contributed by atoms with Gasteiger partial charge in [0, 0.05) is 23.9 Å². The number of hydrogen-bond acceptors (Lipinski definition) is 2. The average Bonchev–Trinajstić information content (AvgIpc) is 2.16. The van der Waals surface area contributed by atoms with E-state index in [-0.39, 0.29) is 17.5 Å². The van der Waals surface area contributed by atoms with Crippen LogP contribution in [0.2, 0.25) is 5.02 Å². The summed E-state index contributed by atoms with van der Waals surface area (Å²) in [6.45, 7) is 2.08. The highest BCUT2D eigenvalue weighted by atomic mass is 35.5. The van der Waals surface area contributed by atoms with Gasteiger partial charge >= 0.3 is 0 Å². The van der Waals surface area contributed by atoms with Gasteiger partial charge in [-0.3, -0.25) is 0 Å². The molecule has 16 heavy (non-hydrogen) atoms. The van der Waals surface area contributed by atoms with Crippen LogP contribution in [0.15, 0.2) is 18.2 Å². The molecule has 1 aromatic rings. The topological polar surface area (TPSA) is 29.1 Å². The molecule has 1 N–H and O–H groups in total. The van der Waals surface area contributed by atoms with Gasteiger partial charge in [-0.05, 0) is 31.7 Å².